The zero-order valence-electron chi connectivity index (χ0n) is 18.9. The minimum absolute atomic E-state index is 0.0524. The fourth-order valence-electron chi connectivity index (χ4n) is 4.03. The molecule has 0 unspecified atom stereocenters. The molecule has 1 N–H and O–H groups in total. The number of nitrogens with one attached hydrogen (secondary N) is 1. The summed E-state index contributed by atoms with van der Waals surface area (Å²) in [7, 11) is 3.23. The second kappa shape index (κ2) is 10.2. The van der Waals surface area contributed by atoms with Crippen molar-refractivity contribution in [3.8, 4) is 17.2 Å². The number of piperidine rings is 1. The predicted molar refractivity (Wildman–Crippen MR) is 126 cm³/mol. The Morgan fingerprint density at radius 3 is 2.42 bits per heavy atom. The molecule has 0 atom stereocenters. The van der Waals surface area contributed by atoms with Gasteiger partial charge in [-0.1, -0.05) is 18.2 Å². The van der Waals surface area contributed by atoms with Gasteiger partial charge >= 0.3 is 0 Å². The standard InChI is InChI=1S/C25H28N4O4/c1-32-21-9-7-20(8-10-21)29-24(30)12-11-23(27-29)28-15-13-18(14-16-28)25(31)26-17-19-5-3-4-6-22(19)33-2/h3-12,18H,13-17H2,1-2H3,(H,26,31). The Morgan fingerprint density at radius 1 is 1.00 bits per heavy atom. The summed E-state index contributed by atoms with van der Waals surface area (Å²) in [6, 6.07) is 18.1. The number of methoxy groups -OCH3 is 2. The number of carbonyl (C=O) groups excluding carboxylic acids is 1. The highest BCUT2D eigenvalue weighted by atomic mass is 16.5. The Labute approximate surface area is 192 Å². The molecule has 0 saturated carbocycles. The summed E-state index contributed by atoms with van der Waals surface area (Å²) in [6.07, 6.45) is 1.45. The molecule has 2 heterocycles. The number of benzene rings is 2. The van der Waals surface area contributed by atoms with Crippen LogP contribution in [0.2, 0.25) is 0 Å². The van der Waals surface area contributed by atoms with Crippen LogP contribution in [-0.2, 0) is 11.3 Å². The monoisotopic (exact) mass is 448 g/mol. The summed E-state index contributed by atoms with van der Waals surface area (Å²) in [5, 5.41) is 7.60. The van der Waals surface area contributed by atoms with Gasteiger partial charge in [-0.15, -0.1) is 5.10 Å². The van der Waals surface area contributed by atoms with Crippen LogP contribution in [0, 0.1) is 5.92 Å². The van der Waals surface area contributed by atoms with Gasteiger partial charge in [-0.05, 0) is 49.2 Å². The lowest BCUT2D eigenvalue weighted by Crippen LogP contribution is -2.41. The van der Waals surface area contributed by atoms with Crippen LogP contribution < -0.4 is 25.2 Å². The van der Waals surface area contributed by atoms with Crippen molar-refractivity contribution in [2.24, 2.45) is 5.92 Å². The molecule has 1 fully saturated rings. The molecule has 1 aliphatic rings. The number of aromatic nitrogens is 2. The lowest BCUT2D eigenvalue weighted by Gasteiger charge is -2.32. The van der Waals surface area contributed by atoms with E-state index in [1.165, 1.54) is 10.7 Å². The maximum atomic E-state index is 12.7. The van der Waals surface area contributed by atoms with Crippen molar-refractivity contribution in [1.82, 2.24) is 15.1 Å². The van der Waals surface area contributed by atoms with E-state index in [1.807, 2.05) is 24.3 Å². The van der Waals surface area contributed by atoms with Crippen LogP contribution in [0.5, 0.6) is 11.5 Å². The molecule has 2 aromatic carbocycles. The fourth-order valence-corrected chi connectivity index (χ4v) is 4.03. The van der Waals surface area contributed by atoms with E-state index in [0.29, 0.717) is 31.1 Å². The molecule has 8 heteroatoms. The molecular formula is C25H28N4O4. The van der Waals surface area contributed by atoms with Crippen LogP contribution in [0.4, 0.5) is 5.82 Å². The summed E-state index contributed by atoms with van der Waals surface area (Å²) in [5.74, 6) is 2.21. The quantitative estimate of drug-likeness (QED) is 0.598. The molecule has 0 spiro atoms. The number of para-hydroxylation sites is 1. The number of hydrogen-bond donors (Lipinski definition) is 1. The average molecular weight is 449 g/mol. The van der Waals surface area contributed by atoms with Gasteiger partial charge in [-0.3, -0.25) is 9.59 Å². The van der Waals surface area contributed by atoms with E-state index in [4.69, 9.17) is 9.47 Å². The Kier molecular flexibility index (Phi) is 6.92. The second-order valence-electron chi connectivity index (χ2n) is 7.93. The number of carbonyl (C=O) groups is 1. The first kappa shape index (κ1) is 22.4. The van der Waals surface area contributed by atoms with Crippen molar-refractivity contribution in [1.29, 1.82) is 0 Å². The van der Waals surface area contributed by atoms with Gasteiger partial charge in [0.2, 0.25) is 5.91 Å². The Hall–Kier alpha value is -3.81. The zero-order chi connectivity index (χ0) is 23.2. The minimum atomic E-state index is -0.200. The molecule has 4 rings (SSSR count). The minimum Gasteiger partial charge on any atom is -0.497 e. The number of rotatable bonds is 7. The maximum Gasteiger partial charge on any atom is 0.271 e. The number of amides is 1. The fraction of sp³-hybridized carbons (Fsp3) is 0.320. The van der Waals surface area contributed by atoms with Crippen LogP contribution >= 0.6 is 0 Å². The molecule has 1 aromatic heterocycles. The van der Waals surface area contributed by atoms with E-state index >= 15 is 0 Å². The van der Waals surface area contributed by atoms with Gasteiger partial charge < -0.3 is 19.7 Å². The smallest absolute Gasteiger partial charge is 0.271 e. The van der Waals surface area contributed by atoms with Gasteiger partial charge in [0.1, 0.15) is 17.3 Å². The first-order valence-corrected chi connectivity index (χ1v) is 11.0. The van der Waals surface area contributed by atoms with Crippen LogP contribution in [0.15, 0.2) is 65.5 Å². The first-order chi connectivity index (χ1) is 16.1. The SMILES string of the molecule is COc1ccc(-n2nc(N3CCC(C(=O)NCc4ccccc4OC)CC3)ccc2=O)cc1. The number of ether oxygens (including phenoxy) is 2. The summed E-state index contributed by atoms with van der Waals surface area (Å²) in [5.41, 5.74) is 1.43. The van der Waals surface area contributed by atoms with Crippen LogP contribution in [0.1, 0.15) is 18.4 Å². The average Bonchev–Trinajstić information content (AvgIpc) is 2.88. The van der Waals surface area contributed by atoms with Gasteiger partial charge in [-0.25, -0.2) is 0 Å². The van der Waals surface area contributed by atoms with Gasteiger partial charge in [0.25, 0.3) is 5.56 Å². The topological polar surface area (TPSA) is 85.7 Å². The summed E-state index contributed by atoms with van der Waals surface area (Å²) < 4.78 is 11.9. The van der Waals surface area contributed by atoms with E-state index in [2.05, 4.69) is 15.3 Å². The van der Waals surface area contributed by atoms with E-state index in [9.17, 15) is 9.59 Å². The molecular weight excluding hydrogens is 420 g/mol. The molecule has 3 aromatic rings. The Morgan fingerprint density at radius 2 is 1.73 bits per heavy atom. The number of nitrogens with zero attached hydrogens (tertiary/aromatic N) is 3. The number of anilines is 1. The third-order valence-corrected chi connectivity index (χ3v) is 5.94. The molecule has 1 amide bonds. The van der Waals surface area contributed by atoms with Crippen molar-refractivity contribution in [2.45, 2.75) is 19.4 Å². The lowest BCUT2D eigenvalue weighted by atomic mass is 9.96. The van der Waals surface area contributed by atoms with Crippen LogP contribution in [0.25, 0.3) is 5.69 Å². The normalized spacial score (nSPS) is 14.1. The Bertz CT molecular complexity index is 1150. The third-order valence-electron chi connectivity index (χ3n) is 5.94. The summed E-state index contributed by atoms with van der Waals surface area (Å²) >= 11 is 0. The van der Waals surface area contributed by atoms with Gasteiger partial charge in [0.15, 0.2) is 0 Å². The van der Waals surface area contributed by atoms with E-state index < -0.39 is 0 Å². The van der Waals surface area contributed by atoms with Gasteiger partial charge in [-0.2, -0.15) is 4.68 Å². The maximum absolute atomic E-state index is 12.7. The van der Waals surface area contributed by atoms with Crippen molar-refractivity contribution >= 4 is 11.7 Å². The molecule has 33 heavy (non-hydrogen) atoms. The van der Waals surface area contributed by atoms with Crippen LogP contribution in [-0.4, -0.2) is 43.0 Å². The molecule has 172 valence electrons. The highest BCUT2D eigenvalue weighted by Gasteiger charge is 2.26. The molecule has 1 aliphatic heterocycles. The zero-order valence-corrected chi connectivity index (χ0v) is 18.9. The van der Waals surface area contributed by atoms with E-state index in [-0.39, 0.29) is 17.4 Å². The molecule has 8 nitrogen and oxygen atoms in total. The summed E-state index contributed by atoms with van der Waals surface area (Å²) in [4.78, 5) is 27.2. The predicted octanol–water partition coefficient (Wildman–Crippen LogP) is 2.78. The van der Waals surface area contributed by atoms with Crippen molar-refractivity contribution in [2.75, 3.05) is 32.2 Å². The van der Waals surface area contributed by atoms with Crippen LogP contribution in [0.3, 0.4) is 0 Å². The first-order valence-electron chi connectivity index (χ1n) is 11.0. The van der Waals surface area contributed by atoms with E-state index in [0.717, 1.165) is 30.0 Å². The second-order valence-corrected chi connectivity index (χ2v) is 7.93. The van der Waals surface area contributed by atoms with Crippen molar-refractivity contribution < 1.29 is 14.3 Å². The highest BCUT2D eigenvalue weighted by molar-refractivity contribution is 5.79. The largest absolute Gasteiger partial charge is 0.497 e. The van der Waals surface area contributed by atoms with Gasteiger partial charge in [0.05, 0.1) is 19.9 Å². The van der Waals surface area contributed by atoms with Crippen molar-refractivity contribution in [3.05, 3.63) is 76.6 Å². The Balaban J connectivity index is 1.37. The molecule has 0 radical (unpaired) electrons. The number of hydrogen-bond acceptors (Lipinski definition) is 6. The third kappa shape index (κ3) is 5.16. The molecule has 0 bridgehead atoms. The van der Waals surface area contributed by atoms with E-state index in [1.54, 1.807) is 44.6 Å². The highest BCUT2D eigenvalue weighted by Crippen LogP contribution is 2.23. The van der Waals surface area contributed by atoms with Gasteiger partial charge in [0, 0.05) is 37.2 Å². The molecule has 1 saturated heterocycles. The summed E-state index contributed by atoms with van der Waals surface area (Å²) in [6.45, 7) is 1.83. The lowest BCUT2D eigenvalue weighted by molar-refractivity contribution is -0.125. The molecule has 0 aliphatic carbocycles. The van der Waals surface area contributed by atoms with Crippen molar-refractivity contribution in [3.63, 3.8) is 0 Å².